The Morgan fingerprint density at radius 2 is 1.76 bits per heavy atom. The first-order valence-electron chi connectivity index (χ1n) is 10.9. The molecular weight excluding hydrogens is 437 g/mol. The number of carboxylic acids is 1. The van der Waals surface area contributed by atoms with Gasteiger partial charge < -0.3 is 14.5 Å². The van der Waals surface area contributed by atoms with Crippen LogP contribution in [0.5, 0.6) is 0 Å². The van der Waals surface area contributed by atoms with Crippen LogP contribution >= 0.6 is 0 Å². The predicted octanol–water partition coefficient (Wildman–Crippen LogP) is -0.195. The van der Waals surface area contributed by atoms with Gasteiger partial charge in [-0.1, -0.05) is 24.6 Å². The Kier molecular flexibility index (Phi) is 8.82. The van der Waals surface area contributed by atoms with Crippen molar-refractivity contribution in [2.45, 2.75) is 45.2 Å². The monoisotopic (exact) mass is 462 g/mol. The van der Waals surface area contributed by atoms with Crippen LogP contribution in [0, 0.1) is 11.6 Å². The van der Waals surface area contributed by atoms with Crippen molar-refractivity contribution in [2.75, 3.05) is 13.1 Å². The maximum atomic E-state index is 14.1. The Labute approximate surface area is 213 Å². The number of halogens is 2. The van der Waals surface area contributed by atoms with Crippen LogP contribution in [0.25, 0.3) is 10.9 Å². The molecule has 1 aliphatic heterocycles. The first-order valence-corrected chi connectivity index (χ1v) is 10.9. The van der Waals surface area contributed by atoms with Gasteiger partial charge >= 0.3 is 29.6 Å². The zero-order valence-corrected chi connectivity index (χ0v) is 20.8. The summed E-state index contributed by atoms with van der Waals surface area (Å²) in [4.78, 5) is 26.6. The van der Waals surface area contributed by atoms with E-state index in [1.54, 1.807) is 10.6 Å². The van der Waals surface area contributed by atoms with Crippen molar-refractivity contribution in [1.82, 2.24) is 9.47 Å². The normalized spacial score (nSPS) is 14.2. The van der Waals surface area contributed by atoms with Crippen molar-refractivity contribution in [1.29, 1.82) is 0 Å². The number of aliphatic carboxylic acids is 1. The predicted molar refractivity (Wildman–Crippen MR) is 116 cm³/mol. The molecule has 0 radical (unpaired) electrons. The number of likely N-dealkylation sites (tertiary alicyclic amines) is 1. The van der Waals surface area contributed by atoms with E-state index in [1.165, 1.54) is 24.6 Å². The molecule has 4 rings (SSSR count). The number of aromatic nitrogens is 1. The molecule has 0 spiro atoms. The fourth-order valence-electron chi connectivity index (χ4n) is 4.47. The van der Waals surface area contributed by atoms with Crippen molar-refractivity contribution in [2.24, 2.45) is 0 Å². The quantitative estimate of drug-likeness (QED) is 0.457. The summed E-state index contributed by atoms with van der Waals surface area (Å²) in [5, 5.41) is 11.9. The number of hydrogen-bond acceptors (Lipinski definition) is 4. The second kappa shape index (κ2) is 11.4. The van der Waals surface area contributed by atoms with Crippen LogP contribution in [0.15, 0.2) is 47.3 Å². The average molecular weight is 462 g/mol. The fourth-order valence-corrected chi connectivity index (χ4v) is 4.47. The van der Waals surface area contributed by atoms with Crippen molar-refractivity contribution >= 4 is 16.9 Å². The number of aryl methyl sites for hydroxylation is 2. The van der Waals surface area contributed by atoms with Crippen LogP contribution in [-0.4, -0.2) is 28.5 Å². The van der Waals surface area contributed by atoms with Crippen molar-refractivity contribution in [3.8, 4) is 0 Å². The van der Waals surface area contributed by atoms with Gasteiger partial charge in [0.05, 0.1) is 18.0 Å². The number of piperidine rings is 1. The zero-order chi connectivity index (χ0) is 22.7. The number of pyridine rings is 1. The largest absolute Gasteiger partial charge is 1.00 e. The van der Waals surface area contributed by atoms with Gasteiger partial charge in [-0.2, -0.15) is 0 Å². The third-order valence-electron chi connectivity index (χ3n) is 6.09. The van der Waals surface area contributed by atoms with E-state index in [4.69, 9.17) is 0 Å². The Morgan fingerprint density at radius 1 is 1.00 bits per heavy atom. The van der Waals surface area contributed by atoms with Gasteiger partial charge in [0.2, 0.25) is 0 Å². The van der Waals surface area contributed by atoms with Gasteiger partial charge in [0.15, 0.2) is 17.1 Å². The minimum atomic E-state index is -1.28. The number of fused-ring (bicyclic) bond motifs is 1. The Hall–Kier alpha value is -2.06. The van der Waals surface area contributed by atoms with E-state index < -0.39 is 24.1 Å². The second-order valence-corrected chi connectivity index (χ2v) is 8.36. The molecular formula is C25H25F2N2NaO3. The van der Waals surface area contributed by atoms with Gasteiger partial charge in [-0.05, 0) is 68.1 Å². The molecule has 1 fully saturated rings. The molecule has 5 nitrogen and oxygen atoms in total. The maximum absolute atomic E-state index is 14.1. The molecule has 0 amide bonds. The van der Waals surface area contributed by atoms with Gasteiger partial charge in [0, 0.05) is 23.7 Å². The molecule has 0 atom stereocenters. The SMILES string of the molecule is O=C([O-])Cn1c(CCc2cccc(F)c2F)cc(=O)c2ccc(CN3CCCCC3)cc21.[Na+]. The molecule has 2 aromatic carbocycles. The van der Waals surface area contributed by atoms with E-state index >= 15 is 0 Å². The van der Waals surface area contributed by atoms with Gasteiger partial charge in [-0.25, -0.2) is 8.78 Å². The molecule has 0 saturated carbocycles. The number of rotatable bonds is 7. The summed E-state index contributed by atoms with van der Waals surface area (Å²) in [6.45, 7) is 2.34. The maximum Gasteiger partial charge on any atom is 1.00 e. The van der Waals surface area contributed by atoms with Crippen LogP contribution in [0.4, 0.5) is 8.78 Å². The summed E-state index contributed by atoms with van der Waals surface area (Å²) in [5.41, 5.74) is 1.92. The average Bonchev–Trinajstić information content (AvgIpc) is 2.77. The van der Waals surface area contributed by atoms with Gasteiger partial charge in [-0.3, -0.25) is 9.69 Å². The topological polar surface area (TPSA) is 65.4 Å². The summed E-state index contributed by atoms with van der Waals surface area (Å²) in [5.74, 6) is -3.14. The fraction of sp³-hybridized carbons (Fsp3) is 0.360. The zero-order valence-electron chi connectivity index (χ0n) is 18.8. The summed E-state index contributed by atoms with van der Waals surface area (Å²) in [6.07, 6.45) is 3.87. The third-order valence-corrected chi connectivity index (χ3v) is 6.09. The molecule has 0 N–H and O–H groups in total. The second-order valence-electron chi connectivity index (χ2n) is 8.36. The third kappa shape index (κ3) is 6.09. The van der Waals surface area contributed by atoms with Crippen LogP contribution in [0.2, 0.25) is 0 Å². The number of benzene rings is 2. The molecule has 8 heteroatoms. The first-order chi connectivity index (χ1) is 15.4. The van der Waals surface area contributed by atoms with E-state index in [9.17, 15) is 23.5 Å². The first kappa shape index (κ1) is 25.6. The van der Waals surface area contributed by atoms with Gasteiger partial charge in [0.1, 0.15) is 0 Å². The van der Waals surface area contributed by atoms with Crippen LogP contribution in [-0.2, 0) is 30.7 Å². The molecule has 3 aromatic rings. The van der Waals surface area contributed by atoms with E-state index in [1.807, 2.05) is 12.1 Å². The summed E-state index contributed by atoms with van der Waals surface area (Å²) in [6, 6.07) is 10.8. The number of carbonyl (C=O) groups excluding carboxylic acids is 1. The van der Waals surface area contributed by atoms with Gasteiger partial charge in [-0.15, -0.1) is 0 Å². The number of nitrogens with zero attached hydrogens (tertiary/aromatic N) is 2. The molecule has 0 bridgehead atoms. The van der Waals surface area contributed by atoms with E-state index in [-0.39, 0.29) is 53.4 Å². The number of carboxylic acid groups (broad SMARTS) is 1. The van der Waals surface area contributed by atoms with Crippen LogP contribution in [0.1, 0.15) is 36.1 Å². The van der Waals surface area contributed by atoms with Crippen molar-refractivity contribution < 1.29 is 48.2 Å². The minimum Gasteiger partial charge on any atom is -0.548 e. The van der Waals surface area contributed by atoms with Gasteiger partial charge in [0.25, 0.3) is 0 Å². The summed E-state index contributed by atoms with van der Waals surface area (Å²) >= 11 is 0. The van der Waals surface area contributed by atoms with E-state index in [2.05, 4.69) is 4.90 Å². The number of carbonyl (C=O) groups is 1. The Bertz CT molecular complexity index is 1210. The molecule has 0 aliphatic carbocycles. The Morgan fingerprint density at radius 3 is 2.48 bits per heavy atom. The van der Waals surface area contributed by atoms with E-state index in [0.717, 1.165) is 44.1 Å². The molecule has 33 heavy (non-hydrogen) atoms. The number of hydrogen-bond donors (Lipinski definition) is 0. The standard InChI is InChI=1S/C25H26F2N2O3.Na/c26-21-6-4-5-18(25(21)27)8-9-19-14-23(30)20-10-7-17(15-28-11-2-1-3-12-28)13-22(20)29(19)16-24(31)32;/h4-7,10,13-14H,1-3,8-9,11-12,15-16H2,(H,31,32);/q;+1/p-1. The molecule has 0 unspecified atom stereocenters. The summed E-state index contributed by atoms with van der Waals surface area (Å²) < 4.78 is 29.2. The summed E-state index contributed by atoms with van der Waals surface area (Å²) in [7, 11) is 0. The molecule has 1 saturated heterocycles. The molecule has 168 valence electrons. The Balaban J connectivity index is 0.00000306. The molecule has 1 aromatic heterocycles. The van der Waals surface area contributed by atoms with Crippen LogP contribution in [0.3, 0.4) is 0 Å². The smallest absolute Gasteiger partial charge is 0.548 e. The molecule has 1 aliphatic rings. The molecule has 2 heterocycles. The minimum absolute atomic E-state index is 0. The van der Waals surface area contributed by atoms with Crippen molar-refractivity contribution in [3.63, 3.8) is 0 Å². The van der Waals surface area contributed by atoms with Crippen LogP contribution < -0.4 is 40.1 Å². The van der Waals surface area contributed by atoms with E-state index in [0.29, 0.717) is 16.6 Å². The van der Waals surface area contributed by atoms with Crippen molar-refractivity contribution in [3.05, 3.63) is 81.1 Å².